The Morgan fingerprint density at radius 2 is 2.04 bits per heavy atom. The summed E-state index contributed by atoms with van der Waals surface area (Å²) in [6.45, 7) is 6.12. The van der Waals surface area contributed by atoms with Gasteiger partial charge in [0.25, 0.3) is 5.91 Å². The van der Waals surface area contributed by atoms with E-state index in [1.54, 1.807) is 17.9 Å². The number of nitrogens with zero attached hydrogens (tertiary/aromatic N) is 3. The van der Waals surface area contributed by atoms with Crippen molar-refractivity contribution in [1.29, 1.82) is 0 Å². The maximum absolute atomic E-state index is 13.0. The highest BCUT2D eigenvalue weighted by molar-refractivity contribution is 7.91. The summed E-state index contributed by atoms with van der Waals surface area (Å²) in [5, 5.41) is 3.14. The third-order valence-electron chi connectivity index (χ3n) is 4.52. The van der Waals surface area contributed by atoms with Crippen LogP contribution < -0.4 is 10.2 Å². The predicted octanol–water partition coefficient (Wildman–Crippen LogP) is 2.36. The van der Waals surface area contributed by atoms with Crippen LogP contribution in [0.15, 0.2) is 30.3 Å². The highest BCUT2D eigenvalue weighted by Gasteiger charge is 2.28. The Balaban J connectivity index is 1.85. The van der Waals surface area contributed by atoms with Gasteiger partial charge in [-0.2, -0.15) is 0 Å². The Morgan fingerprint density at radius 1 is 1.26 bits per heavy atom. The van der Waals surface area contributed by atoms with Crippen LogP contribution in [-0.4, -0.2) is 48.4 Å². The molecule has 2 heterocycles. The molecule has 1 aliphatic rings. The molecule has 0 aliphatic carbocycles. The van der Waals surface area contributed by atoms with Crippen LogP contribution in [0.5, 0.6) is 0 Å². The first-order chi connectivity index (χ1) is 12.8. The number of nitrogens with one attached hydrogen (secondary N) is 1. The van der Waals surface area contributed by atoms with Gasteiger partial charge in [-0.1, -0.05) is 12.1 Å². The second-order valence-electron chi connectivity index (χ2n) is 6.82. The van der Waals surface area contributed by atoms with Gasteiger partial charge in [0.15, 0.2) is 9.84 Å². The van der Waals surface area contributed by atoms with Crippen LogP contribution in [0.2, 0.25) is 0 Å². The van der Waals surface area contributed by atoms with Crippen LogP contribution >= 0.6 is 0 Å². The standard InChI is InChI=1S/C19H24N4O3S/c1-4-23(16-7-5-6-13(2)10-16)19(24)17-11-18(21-14(3)20-17)22-15-8-9-27(25,26)12-15/h5-7,10-11,15H,4,8-9,12H2,1-3H3,(H,20,21,22). The van der Waals surface area contributed by atoms with E-state index in [2.05, 4.69) is 15.3 Å². The number of hydrogen-bond acceptors (Lipinski definition) is 6. The highest BCUT2D eigenvalue weighted by Crippen LogP contribution is 2.20. The van der Waals surface area contributed by atoms with E-state index in [-0.39, 0.29) is 29.1 Å². The number of hydrogen-bond donors (Lipinski definition) is 1. The van der Waals surface area contributed by atoms with Crippen molar-refractivity contribution in [1.82, 2.24) is 9.97 Å². The van der Waals surface area contributed by atoms with Gasteiger partial charge in [0.2, 0.25) is 0 Å². The van der Waals surface area contributed by atoms with Gasteiger partial charge in [-0.05, 0) is 44.9 Å². The quantitative estimate of drug-likeness (QED) is 0.845. The van der Waals surface area contributed by atoms with Gasteiger partial charge in [-0.15, -0.1) is 0 Å². The van der Waals surface area contributed by atoms with E-state index in [4.69, 9.17) is 0 Å². The summed E-state index contributed by atoms with van der Waals surface area (Å²) in [7, 11) is -2.99. The van der Waals surface area contributed by atoms with Crippen molar-refractivity contribution in [2.75, 3.05) is 28.3 Å². The zero-order chi connectivity index (χ0) is 19.6. The van der Waals surface area contributed by atoms with Crippen molar-refractivity contribution in [2.24, 2.45) is 0 Å². The molecule has 7 nitrogen and oxygen atoms in total. The molecule has 1 fully saturated rings. The first-order valence-electron chi connectivity index (χ1n) is 8.98. The molecule has 1 aliphatic heterocycles. The number of aromatic nitrogens is 2. The molecule has 1 unspecified atom stereocenters. The topological polar surface area (TPSA) is 92.3 Å². The summed E-state index contributed by atoms with van der Waals surface area (Å²) in [5.41, 5.74) is 2.17. The van der Waals surface area contributed by atoms with Gasteiger partial charge >= 0.3 is 0 Å². The maximum atomic E-state index is 13.0. The lowest BCUT2D eigenvalue weighted by Gasteiger charge is -2.21. The molecule has 3 rings (SSSR count). The Morgan fingerprint density at radius 3 is 2.67 bits per heavy atom. The van der Waals surface area contributed by atoms with Gasteiger partial charge in [0.05, 0.1) is 11.5 Å². The minimum Gasteiger partial charge on any atom is -0.366 e. The van der Waals surface area contributed by atoms with Gasteiger partial charge < -0.3 is 10.2 Å². The molecule has 1 N–H and O–H groups in total. The molecule has 1 amide bonds. The van der Waals surface area contributed by atoms with E-state index < -0.39 is 9.84 Å². The molecule has 27 heavy (non-hydrogen) atoms. The molecule has 1 aromatic carbocycles. The van der Waals surface area contributed by atoms with E-state index in [0.29, 0.717) is 24.6 Å². The van der Waals surface area contributed by atoms with E-state index >= 15 is 0 Å². The SMILES string of the molecule is CCN(C(=O)c1cc(NC2CCS(=O)(=O)C2)nc(C)n1)c1cccc(C)c1. The monoisotopic (exact) mass is 388 g/mol. The minimum atomic E-state index is -2.99. The van der Waals surface area contributed by atoms with Crippen LogP contribution in [0.4, 0.5) is 11.5 Å². The Kier molecular flexibility index (Phi) is 5.46. The van der Waals surface area contributed by atoms with Gasteiger partial charge in [0.1, 0.15) is 17.3 Å². The lowest BCUT2D eigenvalue weighted by Crippen LogP contribution is -2.32. The molecule has 0 bridgehead atoms. The summed E-state index contributed by atoms with van der Waals surface area (Å²) in [6, 6.07) is 9.15. The summed E-state index contributed by atoms with van der Waals surface area (Å²) < 4.78 is 23.3. The van der Waals surface area contributed by atoms with Crippen molar-refractivity contribution >= 4 is 27.2 Å². The Bertz CT molecular complexity index is 959. The summed E-state index contributed by atoms with van der Waals surface area (Å²) in [4.78, 5) is 23.3. The van der Waals surface area contributed by atoms with Crippen molar-refractivity contribution in [3.8, 4) is 0 Å². The second kappa shape index (κ2) is 7.64. The first kappa shape index (κ1) is 19.3. The van der Waals surface area contributed by atoms with Crippen LogP contribution in [0.3, 0.4) is 0 Å². The van der Waals surface area contributed by atoms with E-state index in [0.717, 1.165) is 11.3 Å². The smallest absolute Gasteiger partial charge is 0.277 e. The number of amides is 1. The molecule has 8 heteroatoms. The zero-order valence-corrected chi connectivity index (χ0v) is 16.6. The Hall–Kier alpha value is -2.48. The average Bonchev–Trinajstić information content (AvgIpc) is 2.93. The number of rotatable bonds is 5. The fourth-order valence-corrected chi connectivity index (χ4v) is 4.92. The van der Waals surface area contributed by atoms with Crippen molar-refractivity contribution in [3.05, 3.63) is 47.4 Å². The van der Waals surface area contributed by atoms with E-state index in [9.17, 15) is 13.2 Å². The number of benzene rings is 1. The van der Waals surface area contributed by atoms with Crippen molar-refractivity contribution in [3.63, 3.8) is 0 Å². The van der Waals surface area contributed by atoms with E-state index in [1.807, 2.05) is 38.1 Å². The molecule has 0 radical (unpaired) electrons. The van der Waals surface area contributed by atoms with Crippen LogP contribution in [0.25, 0.3) is 0 Å². The molecular formula is C19H24N4O3S. The molecule has 2 aromatic rings. The molecule has 144 valence electrons. The maximum Gasteiger partial charge on any atom is 0.277 e. The largest absolute Gasteiger partial charge is 0.366 e. The predicted molar refractivity (Wildman–Crippen MR) is 106 cm³/mol. The molecule has 1 aromatic heterocycles. The molecule has 1 saturated heterocycles. The number of carbonyl (C=O) groups is 1. The number of sulfone groups is 1. The molecular weight excluding hydrogens is 364 g/mol. The summed E-state index contributed by atoms with van der Waals surface area (Å²) in [5.74, 6) is 0.995. The second-order valence-corrected chi connectivity index (χ2v) is 9.05. The van der Waals surface area contributed by atoms with E-state index in [1.165, 1.54) is 0 Å². The average molecular weight is 388 g/mol. The number of aryl methyl sites for hydroxylation is 2. The third-order valence-corrected chi connectivity index (χ3v) is 6.28. The minimum absolute atomic E-state index is 0.0870. The number of carbonyl (C=O) groups excluding carboxylic acids is 1. The summed E-state index contributed by atoms with van der Waals surface area (Å²) >= 11 is 0. The first-order valence-corrected chi connectivity index (χ1v) is 10.8. The van der Waals surface area contributed by atoms with Crippen LogP contribution in [0, 0.1) is 13.8 Å². The van der Waals surface area contributed by atoms with Crippen molar-refractivity contribution < 1.29 is 13.2 Å². The van der Waals surface area contributed by atoms with Gasteiger partial charge in [-0.3, -0.25) is 4.79 Å². The van der Waals surface area contributed by atoms with Crippen LogP contribution in [0.1, 0.15) is 35.2 Å². The fourth-order valence-electron chi connectivity index (χ4n) is 3.25. The molecule has 0 spiro atoms. The Labute approximate surface area is 159 Å². The third kappa shape index (κ3) is 4.63. The zero-order valence-electron chi connectivity index (χ0n) is 15.8. The fraction of sp³-hybridized carbons (Fsp3) is 0.421. The molecule has 0 saturated carbocycles. The summed E-state index contributed by atoms with van der Waals surface area (Å²) in [6.07, 6.45) is 0.541. The lowest BCUT2D eigenvalue weighted by molar-refractivity contribution is 0.0983. The molecule has 1 atom stereocenters. The van der Waals surface area contributed by atoms with Gasteiger partial charge in [-0.25, -0.2) is 18.4 Å². The lowest BCUT2D eigenvalue weighted by atomic mass is 10.2. The van der Waals surface area contributed by atoms with Crippen LogP contribution in [-0.2, 0) is 9.84 Å². The van der Waals surface area contributed by atoms with Crippen molar-refractivity contribution in [2.45, 2.75) is 33.2 Å². The van der Waals surface area contributed by atoms with Gasteiger partial charge in [0, 0.05) is 24.3 Å². The highest BCUT2D eigenvalue weighted by atomic mass is 32.2. The normalized spacial score (nSPS) is 18.3. The number of anilines is 2.